The van der Waals surface area contributed by atoms with Crippen molar-refractivity contribution < 1.29 is 14.3 Å². The van der Waals surface area contributed by atoms with E-state index in [1.165, 1.54) is 0 Å². The summed E-state index contributed by atoms with van der Waals surface area (Å²) in [4.78, 5) is 22.2. The van der Waals surface area contributed by atoms with Crippen LogP contribution in [0.2, 0.25) is 0 Å². The van der Waals surface area contributed by atoms with Crippen LogP contribution in [0.5, 0.6) is 5.88 Å². The minimum atomic E-state index is -0.163. The Morgan fingerprint density at radius 3 is 2.68 bits per heavy atom. The van der Waals surface area contributed by atoms with Crippen LogP contribution in [0.3, 0.4) is 0 Å². The fraction of sp³-hybridized carbons (Fsp3) is 0.429. The maximum absolute atomic E-state index is 13.6. The number of amidine groups is 1. The van der Waals surface area contributed by atoms with Gasteiger partial charge in [-0.3, -0.25) is 9.89 Å². The van der Waals surface area contributed by atoms with Gasteiger partial charge in [0.15, 0.2) is 0 Å². The molecule has 3 aromatic rings. The van der Waals surface area contributed by atoms with E-state index >= 15 is 0 Å². The third-order valence-corrected chi connectivity index (χ3v) is 6.85. The second kappa shape index (κ2) is 12.1. The third kappa shape index (κ3) is 6.13. The molecule has 3 heterocycles. The number of pyridine rings is 1. The number of methoxy groups -OCH3 is 2. The van der Waals surface area contributed by atoms with E-state index in [0.717, 1.165) is 53.9 Å². The van der Waals surface area contributed by atoms with E-state index in [4.69, 9.17) is 15.2 Å². The molecule has 0 saturated heterocycles. The van der Waals surface area contributed by atoms with E-state index in [-0.39, 0.29) is 17.8 Å². The van der Waals surface area contributed by atoms with Crippen LogP contribution in [0.15, 0.2) is 47.2 Å². The molecule has 0 spiro atoms. The first-order valence-electron chi connectivity index (χ1n) is 12.8. The van der Waals surface area contributed by atoms with E-state index in [0.29, 0.717) is 29.7 Å². The quantitative estimate of drug-likeness (QED) is 0.289. The second-order valence-electron chi connectivity index (χ2n) is 9.93. The van der Waals surface area contributed by atoms with Crippen LogP contribution < -0.4 is 15.8 Å². The van der Waals surface area contributed by atoms with Crippen molar-refractivity contribution in [2.24, 2.45) is 17.8 Å². The van der Waals surface area contributed by atoms with Crippen molar-refractivity contribution in [1.29, 1.82) is 0 Å². The van der Waals surface area contributed by atoms with Crippen molar-refractivity contribution >= 4 is 11.7 Å². The number of aromatic amines is 1. The molecule has 0 unspecified atom stereocenters. The highest BCUT2D eigenvalue weighted by atomic mass is 16.5. The number of amides is 1. The molecular weight excluding hydrogens is 482 g/mol. The second-order valence-corrected chi connectivity index (χ2v) is 9.93. The first-order chi connectivity index (χ1) is 18.3. The van der Waals surface area contributed by atoms with Crippen molar-refractivity contribution in [3.05, 3.63) is 64.9 Å². The average Bonchev–Trinajstić information content (AvgIpc) is 3.52. The Balaban J connectivity index is 1.55. The van der Waals surface area contributed by atoms with Gasteiger partial charge in [-0.25, -0.2) is 9.98 Å². The Bertz CT molecular complexity index is 1330. The largest absolute Gasteiger partial charge is 0.481 e. The minimum Gasteiger partial charge on any atom is -0.481 e. The molecule has 3 aromatic heterocycles. The van der Waals surface area contributed by atoms with Gasteiger partial charge in [0.05, 0.1) is 36.4 Å². The lowest BCUT2D eigenvalue weighted by atomic mass is 9.84. The Hall–Kier alpha value is -3.92. The number of nitrogens with zero attached hydrogens (tertiary/aromatic N) is 4. The monoisotopic (exact) mass is 519 g/mol. The SMILES string of the molecule is COCc1cc([C@H]2CC[C@H](NC(=O)c3cc(-c4ccnc(OC)c4)n(C)c3/C(N)=N\C=C(C)C)CC2)n[nH]1. The van der Waals surface area contributed by atoms with Crippen LogP contribution in [0.4, 0.5) is 0 Å². The number of hydrogen-bond acceptors (Lipinski definition) is 6. The Morgan fingerprint density at radius 2 is 2.00 bits per heavy atom. The molecule has 1 amide bonds. The first-order valence-corrected chi connectivity index (χ1v) is 12.8. The number of rotatable bonds is 9. The first kappa shape index (κ1) is 27.1. The number of carbonyl (C=O) groups is 1. The zero-order chi connectivity index (χ0) is 27.2. The van der Waals surface area contributed by atoms with Crippen LogP contribution in [0.25, 0.3) is 11.3 Å². The molecule has 1 fully saturated rings. The molecule has 0 aromatic carbocycles. The summed E-state index contributed by atoms with van der Waals surface area (Å²) >= 11 is 0. The molecule has 0 aliphatic heterocycles. The number of allylic oxidation sites excluding steroid dienone is 1. The number of nitrogens with one attached hydrogen (secondary N) is 2. The van der Waals surface area contributed by atoms with E-state index < -0.39 is 0 Å². The molecule has 4 N–H and O–H groups in total. The summed E-state index contributed by atoms with van der Waals surface area (Å²) in [6.07, 6.45) is 7.04. The summed E-state index contributed by atoms with van der Waals surface area (Å²) in [5, 5.41) is 10.8. The number of carbonyl (C=O) groups excluding carboxylic acids is 1. The smallest absolute Gasteiger partial charge is 0.253 e. The predicted octanol–water partition coefficient (Wildman–Crippen LogP) is 4.05. The Morgan fingerprint density at radius 1 is 1.24 bits per heavy atom. The molecule has 0 radical (unpaired) electrons. The summed E-state index contributed by atoms with van der Waals surface area (Å²) < 4.78 is 12.4. The summed E-state index contributed by atoms with van der Waals surface area (Å²) in [7, 11) is 5.13. The number of ether oxygens (including phenoxy) is 2. The Kier molecular flexibility index (Phi) is 8.62. The van der Waals surface area contributed by atoms with Gasteiger partial charge in [-0.05, 0) is 57.7 Å². The van der Waals surface area contributed by atoms with Crippen molar-refractivity contribution in [3.63, 3.8) is 0 Å². The zero-order valence-electron chi connectivity index (χ0n) is 22.7. The lowest BCUT2D eigenvalue weighted by Gasteiger charge is -2.28. The van der Waals surface area contributed by atoms with E-state index in [2.05, 4.69) is 31.6 Å². The van der Waals surface area contributed by atoms with Gasteiger partial charge >= 0.3 is 0 Å². The van der Waals surface area contributed by atoms with Crippen molar-refractivity contribution in [2.75, 3.05) is 14.2 Å². The van der Waals surface area contributed by atoms with Crippen LogP contribution in [-0.4, -0.2) is 51.8 Å². The van der Waals surface area contributed by atoms with Gasteiger partial charge in [0.25, 0.3) is 5.91 Å². The highest BCUT2D eigenvalue weighted by Gasteiger charge is 2.28. The van der Waals surface area contributed by atoms with Gasteiger partial charge in [0.2, 0.25) is 5.88 Å². The standard InChI is InChI=1S/C28H37N7O3/c1-17(2)15-31-27(29)26-22(14-24(35(26)3)19-10-11-30-25(12-19)38-5)28(36)32-20-8-6-18(7-9-20)23-13-21(16-37-4)33-34-23/h10-15,18,20H,6-9,16H2,1-5H3,(H2,29,31)(H,32,36)(H,33,34)/t18-,20-. The summed E-state index contributed by atoms with van der Waals surface area (Å²) in [6.45, 7) is 4.41. The van der Waals surface area contributed by atoms with Gasteiger partial charge < -0.3 is 25.1 Å². The molecule has 202 valence electrons. The Labute approximate surface area is 223 Å². The number of hydrogen-bond donors (Lipinski definition) is 3. The summed E-state index contributed by atoms with van der Waals surface area (Å²) in [5.41, 5.74) is 12.2. The average molecular weight is 520 g/mol. The molecule has 10 nitrogen and oxygen atoms in total. The topological polar surface area (TPSA) is 132 Å². The van der Waals surface area contributed by atoms with E-state index in [1.807, 2.05) is 43.7 Å². The molecule has 0 atom stereocenters. The van der Waals surface area contributed by atoms with Gasteiger partial charge in [-0.15, -0.1) is 0 Å². The van der Waals surface area contributed by atoms with Crippen LogP contribution in [-0.2, 0) is 18.4 Å². The van der Waals surface area contributed by atoms with E-state index in [9.17, 15) is 4.79 Å². The molecule has 0 bridgehead atoms. The fourth-order valence-corrected chi connectivity index (χ4v) is 4.92. The number of aromatic nitrogens is 4. The molecule has 10 heteroatoms. The summed E-state index contributed by atoms with van der Waals surface area (Å²) in [6, 6.07) is 7.72. The zero-order valence-corrected chi connectivity index (χ0v) is 22.7. The minimum absolute atomic E-state index is 0.0737. The number of H-pyrrole nitrogens is 1. The van der Waals surface area contributed by atoms with E-state index in [1.54, 1.807) is 26.6 Å². The van der Waals surface area contributed by atoms with Crippen LogP contribution >= 0.6 is 0 Å². The number of aliphatic imine (C=N–C) groups is 1. The van der Waals surface area contributed by atoms with Gasteiger partial charge in [0.1, 0.15) is 5.84 Å². The fourth-order valence-electron chi connectivity index (χ4n) is 4.92. The molecule has 1 aliphatic rings. The summed E-state index contributed by atoms with van der Waals surface area (Å²) in [5.74, 6) is 0.979. The van der Waals surface area contributed by atoms with Crippen molar-refractivity contribution in [3.8, 4) is 17.1 Å². The lowest BCUT2D eigenvalue weighted by Crippen LogP contribution is -2.38. The predicted molar refractivity (Wildman–Crippen MR) is 147 cm³/mol. The lowest BCUT2D eigenvalue weighted by molar-refractivity contribution is 0.0925. The van der Waals surface area contributed by atoms with Gasteiger partial charge in [0, 0.05) is 55.8 Å². The molecule has 4 rings (SSSR count). The maximum atomic E-state index is 13.6. The highest BCUT2D eigenvalue weighted by Crippen LogP contribution is 2.33. The highest BCUT2D eigenvalue weighted by molar-refractivity contribution is 6.09. The van der Waals surface area contributed by atoms with Crippen LogP contribution in [0.1, 0.15) is 72.9 Å². The molecule has 1 aliphatic carbocycles. The van der Waals surface area contributed by atoms with Gasteiger partial charge in [-0.1, -0.05) is 5.57 Å². The molecule has 1 saturated carbocycles. The third-order valence-electron chi connectivity index (χ3n) is 6.85. The number of nitrogens with two attached hydrogens (primary N) is 1. The van der Waals surface area contributed by atoms with Crippen molar-refractivity contribution in [1.82, 2.24) is 25.1 Å². The molecule has 38 heavy (non-hydrogen) atoms. The molecular formula is C28H37N7O3. The van der Waals surface area contributed by atoms with Crippen molar-refractivity contribution in [2.45, 2.75) is 58.1 Å². The van der Waals surface area contributed by atoms with Gasteiger partial charge in [-0.2, -0.15) is 5.10 Å². The normalized spacial score (nSPS) is 17.8. The van der Waals surface area contributed by atoms with Crippen LogP contribution in [0, 0.1) is 0 Å². The maximum Gasteiger partial charge on any atom is 0.253 e.